The van der Waals surface area contributed by atoms with E-state index in [1.54, 1.807) is 26.1 Å². The molecule has 0 unspecified atom stereocenters. The molecule has 0 atom stereocenters. The predicted octanol–water partition coefficient (Wildman–Crippen LogP) is 2.99. The first-order chi connectivity index (χ1) is 11.9. The van der Waals surface area contributed by atoms with Crippen LogP contribution in [-0.2, 0) is 10.0 Å². The van der Waals surface area contributed by atoms with E-state index in [-0.39, 0.29) is 42.0 Å². The number of hydrogen-bond acceptors (Lipinski definition) is 3. The highest BCUT2D eigenvalue weighted by atomic mass is 127. The zero-order valence-electron chi connectivity index (χ0n) is 15.2. The van der Waals surface area contributed by atoms with Crippen LogP contribution in [0.5, 0.6) is 0 Å². The Morgan fingerprint density at radius 2 is 1.96 bits per heavy atom. The molecule has 0 aliphatic heterocycles. The molecule has 1 aromatic carbocycles. The fourth-order valence-electron chi connectivity index (χ4n) is 2.83. The van der Waals surface area contributed by atoms with Crippen LogP contribution in [0.1, 0.15) is 37.7 Å². The number of nitrogens with one attached hydrogen (secondary N) is 3. The molecule has 1 fully saturated rings. The van der Waals surface area contributed by atoms with Gasteiger partial charge in [-0.3, -0.25) is 9.71 Å². The van der Waals surface area contributed by atoms with E-state index >= 15 is 0 Å². The van der Waals surface area contributed by atoms with Crippen LogP contribution in [0.15, 0.2) is 23.2 Å². The summed E-state index contributed by atoms with van der Waals surface area (Å²) in [6.45, 7) is 1.85. The second-order valence-electron chi connectivity index (χ2n) is 6.36. The van der Waals surface area contributed by atoms with E-state index in [1.807, 2.05) is 0 Å². The molecule has 26 heavy (non-hydrogen) atoms. The van der Waals surface area contributed by atoms with Crippen LogP contribution < -0.4 is 15.4 Å². The van der Waals surface area contributed by atoms with Crippen molar-refractivity contribution in [3.05, 3.63) is 29.6 Å². The van der Waals surface area contributed by atoms with Gasteiger partial charge in [0.1, 0.15) is 5.82 Å². The lowest BCUT2D eigenvalue weighted by molar-refractivity contribution is 0.410. The maximum absolute atomic E-state index is 13.5. The molecular formula is C17H28FIN4O2S. The van der Waals surface area contributed by atoms with Crippen LogP contribution in [0.25, 0.3) is 0 Å². The molecule has 1 saturated carbocycles. The third-order valence-corrected chi connectivity index (χ3v) is 5.57. The third kappa shape index (κ3) is 7.65. The first-order valence-corrected chi connectivity index (χ1v) is 10.3. The van der Waals surface area contributed by atoms with Gasteiger partial charge in [0.25, 0.3) is 0 Å². The number of halogens is 2. The van der Waals surface area contributed by atoms with Crippen molar-refractivity contribution >= 4 is 45.6 Å². The van der Waals surface area contributed by atoms with E-state index in [9.17, 15) is 12.8 Å². The lowest BCUT2D eigenvalue weighted by atomic mass is 9.96. The van der Waals surface area contributed by atoms with E-state index in [4.69, 9.17) is 0 Å². The van der Waals surface area contributed by atoms with Crippen molar-refractivity contribution in [2.75, 3.05) is 24.1 Å². The van der Waals surface area contributed by atoms with Crippen LogP contribution in [-0.4, -0.2) is 39.8 Å². The standard InChI is InChI=1S/C17H27FN4O2S.HI/c1-13-8-9-15(12-16(13)18)22-25(23,24)11-10-20-17(19-2)21-14-6-4-3-5-7-14;/h8-9,12,14,22H,3-7,10-11H2,1-2H3,(H2,19,20,21);1H. The average molecular weight is 498 g/mol. The van der Waals surface area contributed by atoms with Gasteiger partial charge in [-0.15, -0.1) is 24.0 Å². The Labute approximate surface area is 172 Å². The van der Waals surface area contributed by atoms with Crippen LogP contribution in [0, 0.1) is 12.7 Å². The van der Waals surface area contributed by atoms with Crippen molar-refractivity contribution in [3.63, 3.8) is 0 Å². The lowest BCUT2D eigenvalue weighted by Crippen LogP contribution is -2.45. The number of guanidine groups is 1. The summed E-state index contributed by atoms with van der Waals surface area (Å²) < 4.78 is 40.1. The van der Waals surface area contributed by atoms with Gasteiger partial charge in [-0.05, 0) is 37.5 Å². The first kappa shape index (κ1) is 22.9. The highest BCUT2D eigenvalue weighted by molar-refractivity contribution is 14.0. The number of rotatable bonds is 6. The molecule has 6 nitrogen and oxygen atoms in total. The maximum Gasteiger partial charge on any atom is 0.234 e. The first-order valence-electron chi connectivity index (χ1n) is 8.63. The fourth-order valence-corrected chi connectivity index (χ4v) is 3.78. The number of sulfonamides is 1. The van der Waals surface area contributed by atoms with Gasteiger partial charge >= 0.3 is 0 Å². The van der Waals surface area contributed by atoms with E-state index in [0.29, 0.717) is 17.6 Å². The number of aryl methyl sites for hydroxylation is 1. The average Bonchev–Trinajstić information content (AvgIpc) is 2.58. The molecule has 0 heterocycles. The van der Waals surface area contributed by atoms with Gasteiger partial charge in [0.15, 0.2) is 5.96 Å². The van der Waals surface area contributed by atoms with E-state index in [0.717, 1.165) is 12.8 Å². The second-order valence-corrected chi connectivity index (χ2v) is 8.21. The molecule has 1 aliphatic carbocycles. The molecular weight excluding hydrogens is 470 g/mol. The van der Waals surface area contributed by atoms with Gasteiger partial charge in [0, 0.05) is 19.6 Å². The van der Waals surface area contributed by atoms with Gasteiger partial charge in [-0.2, -0.15) is 0 Å². The summed E-state index contributed by atoms with van der Waals surface area (Å²) in [5.41, 5.74) is 0.704. The minimum Gasteiger partial charge on any atom is -0.355 e. The van der Waals surface area contributed by atoms with Crippen LogP contribution >= 0.6 is 24.0 Å². The zero-order valence-corrected chi connectivity index (χ0v) is 18.4. The number of aliphatic imine (C=N–C) groups is 1. The predicted molar refractivity (Wildman–Crippen MR) is 115 cm³/mol. The van der Waals surface area contributed by atoms with E-state index in [1.165, 1.54) is 25.3 Å². The van der Waals surface area contributed by atoms with Crippen molar-refractivity contribution in [3.8, 4) is 0 Å². The largest absolute Gasteiger partial charge is 0.355 e. The third-order valence-electron chi connectivity index (χ3n) is 4.28. The van der Waals surface area contributed by atoms with Crippen molar-refractivity contribution in [2.24, 2.45) is 4.99 Å². The van der Waals surface area contributed by atoms with Crippen molar-refractivity contribution in [1.29, 1.82) is 0 Å². The number of anilines is 1. The molecule has 3 N–H and O–H groups in total. The minimum atomic E-state index is -3.56. The van der Waals surface area contributed by atoms with Crippen LogP contribution in [0.2, 0.25) is 0 Å². The summed E-state index contributed by atoms with van der Waals surface area (Å²) in [6, 6.07) is 4.67. The maximum atomic E-state index is 13.5. The Morgan fingerprint density at radius 1 is 1.27 bits per heavy atom. The number of benzene rings is 1. The van der Waals surface area contributed by atoms with Crippen molar-refractivity contribution in [2.45, 2.75) is 45.1 Å². The summed E-state index contributed by atoms with van der Waals surface area (Å²) >= 11 is 0. The Balaban J connectivity index is 0.00000338. The second kappa shape index (κ2) is 10.9. The Hall–Kier alpha value is -1.10. The van der Waals surface area contributed by atoms with Crippen LogP contribution in [0.3, 0.4) is 0 Å². The summed E-state index contributed by atoms with van der Waals surface area (Å²) in [4.78, 5) is 4.14. The smallest absolute Gasteiger partial charge is 0.234 e. The molecule has 0 bridgehead atoms. The van der Waals surface area contributed by atoms with Crippen molar-refractivity contribution in [1.82, 2.24) is 10.6 Å². The molecule has 0 saturated heterocycles. The van der Waals surface area contributed by atoms with Gasteiger partial charge in [-0.25, -0.2) is 12.8 Å². The number of nitrogens with zero attached hydrogens (tertiary/aromatic N) is 1. The Morgan fingerprint density at radius 3 is 2.58 bits per heavy atom. The topological polar surface area (TPSA) is 82.6 Å². The molecule has 2 rings (SSSR count). The minimum absolute atomic E-state index is 0. The molecule has 148 valence electrons. The Bertz CT molecular complexity index is 707. The van der Waals surface area contributed by atoms with E-state index < -0.39 is 15.8 Å². The molecule has 0 aromatic heterocycles. The van der Waals surface area contributed by atoms with Gasteiger partial charge < -0.3 is 10.6 Å². The Kier molecular flexibility index (Phi) is 9.62. The zero-order chi connectivity index (χ0) is 18.3. The van der Waals surface area contributed by atoms with E-state index in [2.05, 4.69) is 20.3 Å². The molecule has 9 heteroatoms. The van der Waals surface area contributed by atoms with Gasteiger partial charge in [0.05, 0.1) is 11.4 Å². The summed E-state index contributed by atoms with van der Waals surface area (Å²) in [7, 11) is -1.90. The fraction of sp³-hybridized carbons (Fsp3) is 0.588. The van der Waals surface area contributed by atoms with Gasteiger partial charge in [-0.1, -0.05) is 25.3 Å². The van der Waals surface area contributed by atoms with Crippen molar-refractivity contribution < 1.29 is 12.8 Å². The van der Waals surface area contributed by atoms with Gasteiger partial charge in [0.2, 0.25) is 10.0 Å². The molecule has 0 amide bonds. The molecule has 1 aromatic rings. The summed E-state index contributed by atoms with van der Waals surface area (Å²) in [5.74, 6) is 0.0484. The summed E-state index contributed by atoms with van der Waals surface area (Å²) in [6.07, 6.45) is 5.91. The SMILES string of the molecule is CN=C(NCCS(=O)(=O)Nc1ccc(C)c(F)c1)NC1CCCCC1.I. The summed E-state index contributed by atoms with van der Waals surface area (Å²) in [5, 5.41) is 6.35. The number of hydrogen-bond donors (Lipinski definition) is 3. The molecule has 1 aliphatic rings. The lowest BCUT2D eigenvalue weighted by Gasteiger charge is -2.24. The van der Waals surface area contributed by atoms with Crippen LogP contribution in [0.4, 0.5) is 10.1 Å². The normalized spacial score (nSPS) is 15.9. The highest BCUT2D eigenvalue weighted by Crippen LogP contribution is 2.17. The monoisotopic (exact) mass is 498 g/mol. The molecule has 0 radical (unpaired) electrons. The molecule has 0 spiro atoms. The quantitative estimate of drug-likeness (QED) is 0.320. The highest BCUT2D eigenvalue weighted by Gasteiger charge is 2.15.